The van der Waals surface area contributed by atoms with Crippen LogP contribution in [-0.4, -0.2) is 20.7 Å². The number of anilines is 1. The first-order chi connectivity index (χ1) is 10.7. The summed E-state index contributed by atoms with van der Waals surface area (Å²) in [6, 6.07) is 12.6. The van der Waals surface area contributed by atoms with Crippen molar-refractivity contribution >= 4 is 23.2 Å². The van der Waals surface area contributed by atoms with Crippen LogP contribution in [0, 0.1) is 0 Å². The Morgan fingerprint density at radius 2 is 1.77 bits per heavy atom. The highest BCUT2D eigenvalue weighted by atomic mass is 35.5. The molecule has 0 aliphatic carbocycles. The molecule has 0 saturated carbocycles. The van der Waals surface area contributed by atoms with Gasteiger partial charge in [0.15, 0.2) is 0 Å². The van der Waals surface area contributed by atoms with E-state index in [1.807, 2.05) is 18.2 Å². The monoisotopic (exact) mass is 312 g/mol. The van der Waals surface area contributed by atoms with Crippen LogP contribution in [0.1, 0.15) is 0 Å². The third-order valence-corrected chi connectivity index (χ3v) is 3.37. The Hall–Kier alpha value is -2.66. The molecule has 0 aliphatic rings. The van der Waals surface area contributed by atoms with Gasteiger partial charge in [-0.2, -0.15) is 5.10 Å². The minimum Gasteiger partial charge on any atom is -0.324 e. The summed E-state index contributed by atoms with van der Waals surface area (Å²) in [5.41, 5.74) is 2.53. The highest BCUT2D eigenvalue weighted by Crippen LogP contribution is 2.18. The molecule has 1 aromatic carbocycles. The summed E-state index contributed by atoms with van der Waals surface area (Å²) in [5, 5.41) is 7.65. The Kier molecular flexibility index (Phi) is 4.16. The normalized spacial score (nSPS) is 10.4. The quantitative estimate of drug-likeness (QED) is 0.804. The van der Waals surface area contributed by atoms with Crippen molar-refractivity contribution in [1.29, 1.82) is 0 Å². The van der Waals surface area contributed by atoms with Gasteiger partial charge in [-0.1, -0.05) is 11.6 Å². The van der Waals surface area contributed by atoms with Gasteiger partial charge in [0.1, 0.15) is 6.54 Å². The minimum absolute atomic E-state index is 0.132. The number of hydrogen-bond acceptors (Lipinski definition) is 3. The van der Waals surface area contributed by atoms with Gasteiger partial charge in [-0.25, -0.2) is 0 Å². The van der Waals surface area contributed by atoms with Crippen molar-refractivity contribution in [2.75, 3.05) is 5.32 Å². The first-order valence-electron chi connectivity index (χ1n) is 6.70. The summed E-state index contributed by atoms with van der Waals surface area (Å²) in [5.74, 6) is -0.152. The summed E-state index contributed by atoms with van der Waals surface area (Å²) in [6.45, 7) is 0.132. The van der Waals surface area contributed by atoms with Gasteiger partial charge in [0, 0.05) is 34.9 Å². The van der Waals surface area contributed by atoms with Crippen LogP contribution < -0.4 is 5.32 Å². The minimum atomic E-state index is -0.152. The van der Waals surface area contributed by atoms with E-state index < -0.39 is 0 Å². The molecular weight excluding hydrogens is 300 g/mol. The first-order valence-corrected chi connectivity index (χ1v) is 7.08. The van der Waals surface area contributed by atoms with Crippen LogP contribution in [-0.2, 0) is 11.3 Å². The zero-order valence-corrected chi connectivity index (χ0v) is 12.4. The Morgan fingerprint density at radius 1 is 1.05 bits per heavy atom. The van der Waals surface area contributed by atoms with Crippen molar-refractivity contribution in [3.63, 3.8) is 0 Å². The fourth-order valence-electron chi connectivity index (χ4n) is 2.10. The summed E-state index contributed by atoms with van der Waals surface area (Å²) < 4.78 is 1.65. The number of rotatable bonds is 4. The predicted octanol–water partition coefficient (Wildman–Crippen LogP) is 3.24. The first kappa shape index (κ1) is 14.3. The summed E-state index contributed by atoms with van der Waals surface area (Å²) in [4.78, 5) is 16.1. The fraction of sp³-hybridized carbons (Fsp3) is 0.0625. The largest absolute Gasteiger partial charge is 0.324 e. The third-order valence-electron chi connectivity index (χ3n) is 3.11. The molecule has 0 aliphatic heterocycles. The molecule has 2 heterocycles. The van der Waals surface area contributed by atoms with Crippen LogP contribution in [0.25, 0.3) is 11.3 Å². The predicted molar refractivity (Wildman–Crippen MR) is 85.5 cm³/mol. The van der Waals surface area contributed by atoms with Crippen molar-refractivity contribution in [2.45, 2.75) is 6.54 Å². The molecule has 1 amide bonds. The number of hydrogen-bond donors (Lipinski definition) is 1. The van der Waals surface area contributed by atoms with Crippen molar-refractivity contribution in [2.24, 2.45) is 0 Å². The second-order valence-corrected chi connectivity index (χ2v) is 5.10. The lowest BCUT2D eigenvalue weighted by Gasteiger charge is -2.08. The van der Waals surface area contributed by atoms with Crippen molar-refractivity contribution < 1.29 is 4.79 Å². The van der Waals surface area contributed by atoms with E-state index >= 15 is 0 Å². The van der Waals surface area contributed by atoms with Crippen LogP contribution >= 0.6 is 11.6 Å². The molecule has 3 aromatic rings. The fourth-order valence-corrected chi connectivity index (χ4v) is 2.22. The molecule has 2 aromatic heterocycles. The highest BCUT2D eigenvalue weighted by molar-refractivity contribution is 6.30. The van der Waals surface area contributed by atoms with E-state index in [1.165, 1.54) is 0 Å². The maximum atomic E-state index is 12.1. The molecule has 5 nitrogen and oxygen atoms in total. The van der Waals surface area contributed by atoms with E-state index in [-0.39, 0.29) is 12.5 Å². The number of benzene rings is 1. The van der Waals surface area contributed by atoms with Crippen molar-refractivity contribution in [3.05, 3.63) is 66.1 Å². The number of pyridine rings is 1. The zero-order valence-electron chi connectivity index (χ0n) is 11.6. The number of aromatic nitrogens is 3. The summed E-state index contributed by atoms with van der Waals surface area (Å²) >= 11 is 5.82. The number of amides is 1. The molecule has 110 valence electrons. The van der Waals surface area contributed by atoms with E-state index in [1.54, 1.807) is 47.5 Å². The van der Waals surface area contributed by atoms with Gasteiger partial charge >= 0.3 is 0 Å². The van der Waals surface area contributed by atoms with E-state index in [4.69, 9.17) is 11.6 Å². The van der Waals surface area contributed by atoms with Gasteiger partial charge in [-0.15, -0.1) is 0 Å². The smallest absolute Gasteiger partial charge is 0.246 e. The molecule has 0 unspecified atom stereocenters. The molecule has 0 fully saturated rings. The van der Waals surface area contributed by atoms with Gasteiger partial charge in [-0.05, 0) is 42.5 Å². The topological polar surface area (TPSA) is 59.8 Å². The Bertz CT molecular complexity index is 768. The molecular formula is C16H13ClN4O. The Morgan fingerprint density at radius 3 is 2.50 bits per heavy atom. The maximum Gasteiger partial charge on any atom is 0.246 e. The SMILES string of the molecule is O=C(Cn1nccc1-c1ccncc1)Nc1ccc(Cl)cc1. The standard InChI is InChI=1S/C16H13ClN4O/c17-13-1-3-14(4-2-13)20-16(22)11-21-15(7-10-19-21)12-5-8-18-9-6-12/h1-10H,11H2,(H,20,22). The summed E-state index contributed by atoms with van der Waals surface area (Å²) in [7, 11) is 0. The van der Waals surface area contributed by atoms with E-state index in [0.717, 1.165) is 11.3 Å². The summed E-state index contributed by atoms with van der Waals surface area (Å²) in [6.07, 6.45) is 5.09. The van der Waals surface area contributed by atoms with Crippen LogP contribution in [0.3, 0.4) is 0 Å². The lowest BCUT2D eigenvalue weighted by Crippen LogP contribution is -2.20. The Balaban J connectivity index is 1.73. The van der Waals surface area contributed by atoms with E-state index in [9.17, 15) is 4.79 Å². The average Bonchev–Trinajstić information content (AvgIpc) is 2.98. The second kappa shape index (κ2) is 6.41. The zero-order chi connectivity index (χ0) is 15.4. The van der Waals surface area contributed by atoms with Crippen LogP contribution in [0.2, 0.25) is 5.02 Å². The van der Waals surface area contributed by atoms with Gasteiger partial charge < -0.3 is 5.32 Å². The van der Waals surface area contributed by atoms with Crippen LogP contribution in [0.15, 0.2) is 61.1 Å². The lowest BCUT2D eigenvalue weighted by molar-refractivity contribution is -0.116. The molecule has 0 atom stereocenters. The van der Waals surface area contributed by atoms with Crippen molar-refractivity contribution in [1.82, 2.24) is 14.8 Å². The number of carbonyl (C=O) groups excluding carboxylic acids is 1. The van der Waals surface area contributed by atoms with Crippen LogP contribution in [0.5, 0.6) is 0 Å². The lowest BCUT2D eigenvalue weighted by atomic mass is 10.2. The van der Waals surface area contributed by atoms with Gasteiger partial charge in [0.2, 0.25) is 5.91 Å². The van der Waals surface area contributed by atoms with Gasteiger partial charge in [0.05, 0.1) is 5.69 Å². The molecule has 0 saturated heterocycles. The molecule has 0 radical (unpaired) electrons. The van der Waals surface area contributed by atoms with E-state index in [2.05, 4.69) is 15.4 Å². The molecule has 3 rings (SSSR count). The number of carbonyl (C=O) groups is 1. The average molecular weight is 313 g/mol. The third kappa shape index (κ3) is 3.32. The number of nitrogens with zero attached hydrogens (tertiary/aromatic N) is 3. The van der Waals surface area contributed by atoms with Crippen molar-refractivity contribution in [3.8, 4) is 11.3 Å². The number of nitrogens with one attached hydrogen (secondary N) is 1. The van der Waals surface area contributed by atoms with Crippen LogP contribution in [0.4, 0.5) is 5.69 Å². The Labute approximate surface area is 132 Å². The maximum absolute atomic E-state index is 12.1. The van der Waals surface area contributed by atoms with Gasteiger partial charge in [0.25, 0.3) is 0 Å². The molecule has 1 N–H and O–H groups in total. The number of halogens is 1. The molecule has 22 heavy (non-hydrogen) atoms. The van der Waals surface area contributed by atoms with Gasteiger partial charge in [-0.3, -0.25) is 14.5 Å². The highest BCUT2D eigenvalue weighted by Gasteiger charge is 2.09. The second-order valence-electron chi connectivity index (χ2n) is 4.67. The van der Waals surface area contributed by atoms with E-state index in [0.29, 0.717) is 10.7 Å². The molecule has 0 spiro atoms. The molecule has 0 bridgehead atoms. The molecule has 6 heteroatoms.